The molecule has 0 unspecified atom stereocenters. The zero-order valence-electron chi connectivity index (χ0n) is 26.3. The normalized spacial score (nSPS) is 13.0. The average molecular weight is 662 g/mol. The van der Waals surface area contributed by atoms with Crippen molar-refractivity contribution < 1.29 is 49.4 Å². The van der Waals surface area contributed by atoms with Crippen LogP contribution in [0.25, 0.3) is 22.2 Å². The molecule has 3 rings (SSSR count). The van der Waals surface area contributed by atoms with Gasteiger partial charge in [-0.1, -0.05) is 44.5 Å². The molecule has 0 aliphatic heterocycles. The van der Waals surface area contributed by atoms with E-state index in [2.05, 4.69) is 36.4 Å². The monoisotopic (exact) mass is 661 g/mol. The van der Waals surface area contributed by atoms with Crippen LogP contribution in [0.3, 0.4) is 0 Å². The number of ether oxygens (including phenoxy) is 2. The van der Waals surface area contributed by atoms with E-state index >= 15 is 0 Å². The van der Waals surface area contributed by atoms with Crippen molar-refractivity contribution in [2.24, 2.45) is 0 Å². The predicted octanol–water partition coefficient (Wildman–Crippen LogP) is 10.4. The van der Waals surface area contributed by atoms with Crippen molar-refractivity contribution in [1.82, 2.24) is 4.57 Å². The summed E-state index contributed by atoms with van der Waals surface area (Å²) in [6, 6.07) is 12.8. The van der Waals surface area contributed by atoms with Crippen LogP contribution < -0.4 is 4.74 Å². The first-order valence-corrected chi connectivity index (χ1v) is 15.1. The zero-order chi connectivity index (χ0) is 34.5. The second-order valence-electron chi connectivity index (χ2n) is 11.6. The summed E-state index contributed by atoms with van der Waals surface area (Å²) in [5, 5.41) is 0.792. The number of benzene rings is 2. The SMILES string of the molecule is C=CC(=O)OCCC(F)(F)C(F)(F)C(F)(F)C(F)(F)CCOc1ccc2cc(-c3ccc(CCCCC)cc3C)n(C(C)C)c2c1. The zero-order valence-corrected chi connectivity index (χ0v) is 26.3. The second-order valence-corrected chi connectivity index (χ2v) is 11.6. The lowest BCUT2D eigenvalue weighted by Crippen LogP contribution is -2.62. The van der Waals surface area contributed by atoms with Gasteiger partial charge in [0.05, 0.1) is 31.6 Å². The first kappa shape index (κ1) is 36.9. The van der Waals surface area contributed by atoms with E-state index in [0.29, 0.717) is 11.6 Å². The summed E-state index contributed by atoms with van der Waals surface area (Å²) < 4.78 is 125. The van der Waals surface area contributed by atoms with Crippen LogP contribution in [0.4, 0.5) is 35.1 Å². The fourth-order valence-corrected chi connectivity index (χ4v) is 5.21. The Kier molecular flexibility index (Phi) is 11.6. The minimum atomic E-state index is -6.47. The number of alkyl halides is 8. The molecule has 2 aromatic carbocycles. The molecule has 0 saturated heterocycles. The first-order valence-electron chi connectivity index (χ1n) is 15.1. The molecule has 0 aliphatic carbocycles. The Balaban J connectivity index is 1.78. The Hall–Kier alpha value is -3.57. The molecular weight excluding hydrogens is 622 g/mol. The van der Waals surface area contributed by atoms with E-state index in [1.54, 1.807) is 6.07 Å². The summed E-state index contributed by atoms with van der Waals surface area (Å²) in [6.07, 6.45) is 0.783. The summed E-state index contributed by atoms with van der Waals surface area (Å²) in [5.41, 5.74) is 4.85. The second kappa shape index (κ2) is 14.5. The van der Waals surface area contributed by atoms with Gasteiger partial charge in [-0.15, -0.1) is 0 Å². The topological polar surface area (TPSA) is 40.5 Å². The average Bonchev–Trinajstić information content (AvgIpc) is 3.35. The number of carbonyl (C=O) groups is 1. The van der Waals surface area contributed by atoms with E-state index in [9.17, 15) is 39.9 Å². The predicted molar refractivity (Wildman–Crippen MR) is 161 cm³/mol. The summed E-state index contributed by atoms with van der Waals surface area (Å²) >= 11 is 0. The van der Waals surface area contributed by atoms with Crippen molar-refractivity contribution in [2.75, 3.05) is 13.2 Å². The fraction of sp³-hybridized carbons (Fsp3) is 0.500. The van der Waals surface area contributed by atoms with E-state index in [0.717, 1.165) is 47.9 Å². The lowest BCUT2D eigenvalue weighted by Gasteiger charge is -2.36. The summed E-state index contributed by atoms with van der Waals surface area (Å²) in [7, 11) is 0. The molecule has 12 heteroatoms. The maximum atomic E-state index is 14.5. The molecule has 0 spiro atoms. The number of carbonyl (C=O) groups excluding carboxylic acids is 1. The molecule has 0 radical (unpaired) electrons. The van der Waals surface area contributed by atoms with Crippen molar-refractivity contribution in [3.63, 3.8) is 0 Å². The van der Waals surface area contributed by atoms with Gasteiger partial charge in [-0.2, -0.15) is 35.1 Å². The van der Waals surface area contributed by atoms with Gasteiger partial charge < -0.3 is 14.0 Å². The number of rotatable bonds is 17. The van der Waals surface area contributed by atoms with Crippen LogP contribution in [-0.4, -0.2) is 47.4 Å². The number of hydrogen-bond acceptors (Lipinski definition) is 3. The molecule has 1 aromatic heterocycles. The number of hydrogen-bond donors (Lipinski definition) is 0. The van der Waals surface area contributed by atoms with E-state index in [-0.39, 0.29) is 11.8 Å². The third-order valence-corrected chi connectivity index (χ3v) is 7.79. The fourth-order valence-electron chi connectivity index (χ4n) is 5.21. The highest BCUT2D eigenvalue weighted by Gasteiger charge is 2.79. The largest absolute Gasteiger partial charge is 0.493 e. The molecule has 0 N–H and O–H groups in total. The molecule has 0 atom stereocenters. The smallest absolute Gasteiger partial charge is 0.378 e. The number of halogens is 8. The lowest BCUT2D eigenvalue weighted by atomic mass is 9.95. The highest BCUT2D eigenvalue weighted by molar-refractivity contribution is 5.89. The minimum Gasteiger partial charge on any atom is -0.493 e. The Morgan fingerprint density at radius 3 is 2.09 bits per heavy atom. The van der Waals surface area contributed by atoms with Gasteiger partial charge in [0.2, 0.25) is 0 Å². The van der Waals surface area contributed by atoms with Gasteiger partial charge in [-0.3, -0.25) is 0 Å². The van der Waals surface area contributed by atoms with Crippen molar-refractivity contribution in [3.8, 4) is 17.0 Å². The Morgan fingerprint density at radius 2 is 1.52 bits per heavy atom. The Bertz CT molecular complexity index is 1510. The molecule has 46 heavy (non-hydrogen) atoms. The molecule has 0 aliphatic rings. The Labute approximate surface area is 263 Å². The van der Waals surface area contributed by atoms with Gasteiger partial charge in [0.1, 0.15) is 5.75 Å². The van der Waals surface area contributed by atoms with Gasteiger partial charge in [0.25, 0.3) is 0 Å². The number of nitrogens with zero attached hydrogens (tertiary/aromatic N) is 1. The highest BCUT2D eigenvalue weighted by atomic mass is 19.4. The van der Waals surface area contributed by atoms with Gasteiger partial charge in [-0.05, 0) is 62.9 Å². The molecule has 0 amide bonds. The molecule has 254 valence electrons. The van der Waals surface area contributed by atoms with Crippen LogP contribution in [0.2, 0.25) is 0 Å². The molecule has 4 nitrogen and oxygen atoms in total. The maximum absolute atomic E-state index is 14.5. The van der Waals surface area contributed by atoms with Crippen LogP contribution >= 0.6 is 0 Å². The third kappa shape index (κ3) is 7.69. The Morgan fingerprint density at radius 1 is 0.891 bits per heavy atom. The van der Waals surface area contributed by atoms with Crippen LogP contribution in [0.5, 0.6) is 5.75 Å². The van der Waals surface area contributed by atoms with Crippen molar-refractivity contribution >= 4 is 16.9 Å². The number of unbranched alkanes of at least 4 members (excludes halogenated alkanes) is 2. The maximum Gasteiger partial charge on any atom is 0.378 e. The van der Waals surface area contributed by atoms with Crippen molar-refractivity contribution in [2.45, 2.75) is 96.0 Å². The number of aromatic nitrogens is 1. The number of fused-ring (bicyclic) bond motifs is 1. The number of esters is 1. The first-order chi connectivity index (χ1) is 21.4. The standard InChI is InChI=1S/C34H39F8NO3/c1-6-8-9-10-24-11-14-27(23(5)19-24)29-20-25-12-13-26(21-28(25)43(29)22(3)4)45-17-15-31(35,36)33(39,40)34(41,42)32(37,38)16-18-46-30(44)7-2/h7,11-14,19-22H,2,6,8-10,15-18H2,1,3-5H3. The molecule has 3 aromatic rings. The van der Waals surface area contributed by atoms with E-state index in [4.69, 9.17) is 4.74 Å². The van der Waals surface area contributed by atoms with E-state index < -0.39 is 55.7 Å². The molecular formula is C34H39F8NO3. The molecule has 0 bridgehead atoms. The van der Waals surface area contributed by atoms with Crippen LogP contribution in [-0.2, 0) is 16.0 Å². The quantitative estimate of drug-likeness (QED) is 0.0626. The van der Waals surface area contributed by atoms with Gasteiger partial charge in [-0.25, -0.2) is 4.79 Å². The van der Waals surface area contributed by atoms with Gasteiger partial charge in [0, 0.05) is 34.8 Å². The molecule has 0 fully saturated rings. The molecule has 0 saturated carbocycles. The van der Waals surface area contributed by atoms with Crippen molar-refractivity contribution in [3.05, 3.63) is 66.2 Å². The summed E-state index contributed by atoms with van der Waals surface area (Å²) in [5.74, 6) is -25.4. The lowest BCUT2D eigenvalue weighted by molar-refractivity contribution is -0.368. The highest BCUT2D eigenvalue weighted by Crippen LogP contribution is 2.54. The molecule has 1 heterocycles. The minimum absolute atomic E-state index is 0.00212. The number of aryl methyl sites for hydroxylation is 2. The van der Waals surface area contributed by atoms with E-state index in [1.807, 2.05) is 31.4 Å². The van der Waals surface area contributed by atoms with Crippen molar-refractivity contribution in [1.29, 1.82) is 0 Å². The van der Waals surface area contributed by atoms with Crippen LogP contribution in [0.15, 0.2) is 55.1 Å². The summed E-state index contributed by atoms with van der Waals surface area (Å²) in [4.78, 5) is 10.9. The summed E-state index contributed by atoms with van der Waals surface area (Å²) in [6.45, 7) is 8.45. The van der Waals surface area contributed by atoms with Crippen LogP contribution in [0, 0.1) is 6.92 Å². The van der Waals surface area contributed by atoms with Gasteiger partial charge >= 0.3 is 29.7 Å². The van der Waals surface area contributed by atoms with Gasteiger partial charge in [0.15, 0.2) is 0 Å². The van der Waals surface area contributed by atoms with Crippen LogP contribution in [0.1, 0.15) is 70.0 Å². The van der Waals surface area contributed by atoms with E-state index in [1.165, 1.54) is 17.7 Å². The third-order valence-electron chi connectivity index (χ3n) is 7.79.